The van der Waals surface area contributed by atoms with Crippen LogP contribution in [-0.2, 0) is 11.3 Å². The Bertz CT molecular complexity index is 448. The van der Waals surface area contributed by atoms with Gasteiger partial charge in [-0.2, -0.15) is 0 Å². The average Bonchev–Trinajstić information content (AvgIpc) is 2.79. The second-order valence-electron chi connectivity index (χ2n) is 5.03. The molecule has 1 unspecified atom stereocenters. The van der Waals surface area contributed by atoms with Crippen LogP contribution in [0.3, 0.4) is 0 Å². The van der Waals surface area contributed by atoms with Crippen LogP contribution in [0.15, 0.2) is 10.5 Å². The van der Waals surface area contributed by atoms with Gasteiger partial charge in [-0.05, 0) is 32.4 Å². The van der Waals surface area contributed by atoms with Crippen molar-refractivity contribution >= 4 is 18.4 Å². The number of ether oxygens (including phenoxy) is 1. The number of carbonyl (C=O) groups is 1. The Balaban J connectivity index is 0.00000200. The normalized spacial score (nSPS) is 19.4. The maximum Gasteiger partial charge on any atom is 0.341 e. The van der Waals surface area contributed by atoms with Crippen LogP contribution in [0.5, 0.6) is 0 Å². The highest BCUT2D eigenvalue weighted by Gasteiger charge is 2.23. The molecule has 1 aliphatic rings. The number of methoxy groups -OCH3 is 1. The Labute approximate surface area is 125 Å². The van der Waals surface area contributed by atoms with E-state index in [0.717, 1.165) is 18.7 Å². The number of rotatable bonds is 4. The van der Waals surface area contributed by atoms with Gasteiger partial charge in [-0.1, -0.05) is 6.42 Å². The van der Waals surface area contributed by atoms with Crippen molar-refractivity contribution in [3.05, 3.63) is 23.2 Å². The number of nitrogens with two attached hydrogens (primary N) is 1. The number of aryl methyl sites for hydroxylation is 1. The van der Waals surface area contributed by atoms with Crippen LogP contribution in [0, 0.1) is 6.92 Å². The van der Waals surface area contributed by atoms with Gasteiger partial charge in [0.1, 0.15) is 17.1 Å². The van der Waals surface area contributed by atoms with Crippen molar-refractivity contribution in [2.75, 3.05) is 20.2 Å². The number of esters is 1. The number of nitrogens with zero attached hydrogens (tertiary/aromatic N) is 1. The first-order chi connectivity index (χ1) is 9.15. The molecule has 1 aromatic rings. The van der Waals surface area contributed by atoms with Gasteiger partial charge in [-0.25, -0.2) is 4.79 Å². The zero-order valence-corrected chi connectivity index (χ0v) is 12.9. The smallest absolute Gasteiger partial charge is 0.341 e. The summed E-state index contributed by atoms with van der Waals surface area (Å²) >= 11 is 0. The first-order valence-electron chi connectivity index (χ1n) is 6.77. The topological polar surface area (TPSA) is 68.7 Å². The van der Waals surface area contributed by atoms with Crippen LogP contribution in [0.1, 0.15) is 41.1 Å². The first kappa shape index (κ1) is 17.0. The summed E-state index contributed by atoms with van der Waals surface area (Å²) in [5.74, 6) is 1.07. The number of furan rings is 1. The lowest BCUT2D eigenvalue weighted by atomic mass is 10.0. The summed E-state index contributed by atoms with van der Waals surface area (Å²) in [5.41, 5.74) is 6.32. The van der Waals surface area contributed by atoms with E-state index in [1.807, 2.05) is 0 Å². The highest BCUT2D eigenvalue weighted by molar-refractivity contribution is 5.90. The number of likely N-dealkylation sites (tertiary alicyclic amines) is 1. The molecule has 1 fully saturated rings. The average molecular weight is 303 g/mol. The maximum absolute atomic E-state index is 11.5. The molecular formula is C14H23ClN2O3. The van der Waals surface area contributed by atoms with Gasteiger partial charge in [0, 0.05) is 12.6 Å². The lowest BCUT2D eigenvalue weighted by Gasteiger charge is -2.34. The third-order valence-corrected chi connectivity index (χ3v) is 3.75. The summed E-state index contributed by atoms with van der Waals surface area (Å²) in [7, 11) is 1.38. The fraction of sp³-hybridized carbons (Fsp3) is 0.643. The molecule has 0 aliphatic carbocycles. The van der Waals surface area contributed by atoms with Crippen molar-refractivity contribution < 1.29 is 13.9 Å². The Kier molecular flexibility index (Phi) is 6.52. The van der Waals surface area contributed by atoms with Crippen LogP contribution >= 0.6 is 12.4 Å². The standard InChI is InChI=1S/C14H22N2O3.ClH/c1-10-13(14(17)18-2)7-12(19-10)9-16-6-4-3-5-11(16)8-15;/h7,11H,3-6,8-9,15H2,1-2H3;1H. The summed E-state index contributed by atoms with van der Waals surface area (Å²) in [4.78, 5) is 13.9. The Morgan fingerprint density at radius 1 is 1.55 bits per heavy atom. The van der Waals surface area contributed by atoms with E-state index in [9.17, 15) is 4.79 Å². The molecule has 5 nitrogen and oxygen atoms in total. The minimum atomic E-state index is -0.346. The van der Waals surface area contributed by atoms with Crippen molar-refractivity contribution in [2.45, 2.75) is 38.8 Å². The quantitative estimate of drug-likeness (QED) is 0.863. The maximum atomic E-state index is 11.5. The summed E-state index contributed by atoms with van der Waals surface area (Å²) in [6, 6.07) is 2.20. The molecule has 0 aromatic carbocycles. The molecule has 0 spiro atoms. The molecule has 2 N–H and O–H groups in total. The lowest BCUT2D eigenvalue weighted by molar-refractivity contribution is 0.0599. The van der Waals surface area contributed by atoms with Gasteiger partial charge in [0.15, 0.2) is 0 Å². The fourth-order valence-electron chi connectivity index (χ4n) is 2.67. The summed E-state index contributed by atoms with van der Waals surface area (Å²) in [5, 5.41) is 0. The molecular weight excluding hydrogens is 280 g/mol. The van der Waals surface area contributed by atoms with Gasteiger partial charge in [0.25, 0.3) is 0 Å². The largest absolute Gasteiger partial charge is 0.465 e. The van der Waals surface area contributed by atoms with E-state index in [1.165, 1.54) is 20.0 Å². The van der Waals surface area contributed by atoms with Crippen molar-refractivity contribution in [3.8, 4) is 0 Å². The van der Waals surface area contributed by atoms with Crippen molar-refractivity contribution in [2.24, 2.45) is 5.73 Å². The van der Waals surface area contributed by atoms with Gasteiger partial charge < -0.3 is 14.9 Å². The number of carbonyl (C=O) groups excluding carboxylic acids is 1. The molecule has 2 heterocycles. The predicted octanol–water partition coefficient (Wildman–Crippen LogP) is 2.11. The molecule has 1 aliphatic heterocycles. The van der Waals surface area contributed by atoms with E-state index in [2.05, 4.69) is 4.90 Å². The monoisotopic (exact) mass is 302 g/mol. The van der Waals surface area contributed by atoms with E-state index in [-0.39, 0.29) is 18.4 Å². The van der Waals surface area contributed by atoms with Crippen molar-refractivity contribution in [1.29, 1.82) is 0 Å². The van der Waals surface area contributed by atoms with E-state index in [4.69, 9.17) is 14.9 Å². The van der Waals surface area contributed by atoms with Gasteiger partial charge in [-0.3, -0.25) is 4.90 Å². The number of halogens is 1. The molecule has 2 rings (SSSR count). The summed E-state index contributed by atoms with van der Waals surface area (Å²) < 4.78 is 10.4. The fourth-order valence-corrected chi connectivity index (χ4v) is 2.67. The molecule has 6 heteroatoms. The SMILES string of the molecule is COC(=O)c1cc(CN2CCCCC2CN)oc1C.Cl. The second kappa shape index (κ2) is 7.67. The highest BCUT2D eigenvalue weighted by Crippen LogP contribution is 2.22. The molecule has 114 valence electrons. The summed E-state index contributed by atoms with van der Waals surface area (Å²) in [6.07, 6.45) is 3.57. The first-order valence-corrected chi connectivity index (χ1v) is 6.77. The molecule has 1 saturated heterocycles. The Hall–Kier alpha value is -1.04. The number of piperidine rings is 1. The van der Waals surface area contributed by atoms with Crippen LogP contribution in [0.25, 0.3) is 0 Å². The van der Waals surface area contributed by atoms with Crippen molar-refractivity contribution in [1.82, 2.24) is 4.90 Å². The molecule has 0 bridgehead atoms. The lowest BCUT2D eigenvalue weighted by Crippen LogP contribution is -2.43. The third kappa shape index (κ3) is 3.75. The molecule has 0 saturated carbocycles. The van der Waals surface area contributed by atoms with Gasteiger partial charge in [-0.15, -0.1) is 12.4 Å². The second-order valence-corrected chi connectivity index (χ2v) is 5.03. The minimum Gasteiger partial charge on any atom is -0.465 e. The van der Waals surface area contributed by atoms with Crippen LogP contribution in [0.2, 0.25) is 0 Å². The molecule has 1 aromatic heterocycles. The van der Waals surface area contributed by atoms with E-state index < -0.39 is 0 Å². The number of hydrogen-bond donors (Lipinski definition) is 1. The van der Waals surface area contributed by atoms with Crippen LogP contribution in [0.4, 0.5) is 0 Å². The van der Waals surface area contributed by atoms with Gasteiger partial charge in [0.05, 0.1) is 13.7 Å². The predicted molar refractivity (Wildman–Crippen MR) is 79.1 cm³/mol. The van der Waals surface area contributed by atoms with E-state index >= 15 is 0 Å². The minimum absolute atomic E-state index is 0. The zero-order chi connectivity index (χ0) is 13.8. The Morgan fingerprint density at radius 3 is 2.95 bits per heavy atom. The zero-order valence-electron chi connectivity index (χ0n) is 12.1. The summed E-state index contributed by atoms with van der Waals surface area (Å²) in [6.45, 7) is 4.20. The molecule has 1 atom stereocenters. The van der Waals surface area contributed by atoms with E-state index in [0.29, 0.717) is 30.5 Å². The molecule has 0 radical (unpaired) electrons. The van der Waals surface area contributed by atoms with Crippen LogP contribution in [-0.4, -0.2) is 37.1 Å². The Morgan fingerprint density at radius 2 is 2.30 bits per heavy atom. The van der Waals surface area contributed by atoms with E-state index in [1.54, 1.807) is 13.0 Å². The number of hydrogen-bond acceptors (Lipinski definition) is 5. The van der Waals surface area contributed by atoms with Gasteiger partial charge in [0.2, 0.25) is 0 Å². The van der Waals surface area contributed by atoms with Crippen LogP contribution < -0.4 is 5.73 Å². The molecule has 20 heavy (non-hydrogen) atoms. The molecule has 0 amide bonds. The third-order valence-electron chi connectivity index (χ3n) is 3.75. The highest BCUT2D eigenvalue weighted by atomic mass is 35.5. The van der Waals surface area contributed by atoms with Crippen molar-refractivity contribution in [3.63, 3.8) is 0 Å². The van der Waals surface area contributed by atoms with Gasteiger partial charge >= 0.3 is 5.97 Å².